The third kappa shape index (κ3) is 3.25. The van der Waals surface area contributed by atoms with Gasteiger partial charge in [0.1, 0.15) is 0 Å². The van der Waals surface area contributed by atoms with Gasteiger partial charge in [0.05, 0.1) is 0 Å². The lowest BCUT2D eigenvalue weighted by Gasteiger charge is -2.26. The summed E-state index contributed by atoms with van der Waals surface area (Å²) in [5, 5.41) is 3.33. The summed E-state index contributed by atoms with van der Waals surface area (Å²) < 4.78 is 0. The van der Waals surface area contributed by atoms with Crippen molar-refractivity contribution >= 4 is 11.6 Å². The molecule has 1 aromatic rings. The molecule has 1 aliphatic heterocycles. The highest BCUT2D eigenvalue weighted by atomic mass is 16.2. The number of nitrogens with one attached hydrogen (secondary N) is 1. The minimum absolute atomic E-state index is 0.172. The second-order valence-electron chi connectivity index (χ2n) is 5.23. The fraction of sp³-hybridized carbons (Fsp3) is 0.533. The number of rotatable bonds is 3. The van der Waals surface area contributed by atoms with Crippen LogP contribution < -0.4 is 5.32 Å². The zero-order valence-electron chi connectivity index (χ0n) is 11.3. The number of amides is 1. The van der Waals surface area contributed by atoms with Gasteiger partial charge >= 0.3 is 0 Å². The van der Waals surface area contributed by atoms with Crippen LogP contribution in [0.5, 0.6) is 0 Å². The van der Waals surface area contributed by atoms with Crippen LogP contribution in [0, 0.1) is 0 Å². The Kier molecular flexibility index (Phi) is 4.24. The molecule has 18 heavy (non-hydrogen) atoms. The first-order valence-corrected chi connectivity index (χ1v) is 6.82. The number of benzene rings is 1. The van der Waals surface area contributed by atoms with Crippen molar-refractivity contribution in [2.75, 3.05) is 18.4 Å². The topological polar surface area (TPSA) is 32.3 Å². The number of piperidine rings is 1. The summed E-state index contributed by atoms with van der Waals surface area (Å²) in [6.07, 6.45) is 3.53. The molecule has 2 rings (SSSR count). The maximum absolute atomic E-state index is 12.2. The number of hydrogen-bond donors (Lipinski definition) is 1. The van der Waals surface area contributed by atoms with E-state index in [1.54, 1.807) is 0 Å². The first-order chi connectivity index (χ1) is 8.66. The van der Waals surface area contributed by atoms with E-state index in [4.69, 9.17) is 0 Å². The van der Waals surface area contributed by atoms with E-state index < -0.39 is 0 Å². The summed E-state index contributed by atoms with van der Waals surface area (Å²) in [4.78, 5) is 14.2. The molecule has 0 aromatic heterocycles. The zero-order valence-corrected chi connectivity index (χ0v) is 11.3. The van der Waals surface area contributed by atoms with Crippen LogP contribution in [0.3, 0.4) is 0 Å². The fourth-order valence-electron chi connectivity index (χ4n) is 2.32. The van der Waals surface area contributed by atoms with Gasteiger partial charge in [-0.25, -0.2) is 0 Å². The molecule has 1 aliphatic rings. The van der Waals surface area contributed by atoms with E-state index in [0.717, 1.165) is 37.2 Å². The lowest BCUT2D eigenvalue weighted by Crippen LogP contribution is -2.35. The number of carbonyl (C=O) groups excluding carboxylic acids is 1. The lowest BCUT2D eigenvalue weighted by molar-refractivity contribution is 0.0724. The minimum atomic E-state index is 0.172. The Morgan fingerprint density at radius 1 is 1.11 bits per heavy atom. The van der Waals surface area contributed by atoms with Crippen LogP contribution in [0.25, 0.3) is 0 Å². The first-order valence-electron chi connectivity index (χ1n) is 6.82. The molecule has 0 spiro atoms. The second kappa shape index (κ2) is 5.89. The summed E-state index contributed by atoms with van der Waals surface area (Å²) in [5.74, 6) is 0.172. The summed E-state index contributed by atoms with van der Waals surface area (Å²) >= 11 is 0. The third-order valence-electron chi connectivity index (χ3n) is 3.23. The lowest BCUT2D eigenvalue weighted by atomic mass is 10.1. The molecule has 0 bridgehead atoms. The average molecular weight is 246 g/mol. The average Bonchev–Trinajstić information content (AvgIpc) is 2.39. The SMILES string of the molecule is CC(C)Nc1ccc(C(=O)N2CCCCC2)cc1. The van der Waals surface area contributed by atoms with Gasteiger partial charge in [-0.2, -0.15) is 0 Å². The molecular weight excluding hydrogens is 224 g/mol. The molecule has 0 aliphatic carbocycles. The van der Waals surface area contributed by atoms with Gasteiger partial charge in [-0.15, -0.1) is 0 Å². The Morgan fingerprint density at radius 3 is 2.28 bits per heavy atom. The van der Waals surface area contributed by atoms with E-state index in [2.05, 4.69) is 19.2 Å². The molecule has 0 atom stereocenters. The molecule has 1 amide bonds. The molecular formula is C15H22N2O. The van der Waals surface area contributed by atoms with Crippen LogP contribution in [0.4, 0.5) is 5.69 Å². The maximum atomic E-state index is 12.2. The molecule has 1 N–H and O–H groups in total. The zero-order chi connectivity index (χ0) is 13.0. The van der Waals surface area contributed by atoms with E-state index in [1.165, 1.54) is 6.42 Å². The molecule has 0 saturated carbocycles. The van der Waals surface area contributed by atoms with Gasteiger partial charge in [0.25, 0.3) is 5.91 Å². The smallest absolute Gasteiger partial charge is 0.253 e. The fourth-order valence-corrected chi connectivity index (χ4v) is 2.32. The minimum Gasteiger partial charge on any atom is -0.383 e. The van der Waals surface area contributed by atoms with Crippen molar-refractivity contribution in [2.24, 2.45) is 0 Å². The largest absolute Gasteiger partial charge is 0.383 e. The van der Waals surface area contributed by atoms with Gasteiger partial charge in [-0.05, 0) is 57.4 Å². The van der Waals surface area contributed by atoms with Crippen molar-refractivity contribution in [2.45, 2.75) is 39.2 Å². The monoisotopic (exact) mass is 246 g/mol. The summed E-state index contributed by atoms with van der Waals surface area (Å²) in [5.41, 5.74) is 1.87. The Labute approximate surface area is 109 Å². The van der Waals surface area contributed by atoms with Crippen LogP contribution in [0.1, 0.15) is 43.5 Å². The Morgan fingerprint density at radius 2 is 1.72 bits per heavy atom. The maximum Gasteiger partial charge on any atom is 0.253 e. The first kappa shape index (κ1) is 12.9. The Balaban J connectivity index is 2.02. The quantitative estimate of drug-likeness (QED) is 0.888. The molecule has 3 heteroatoms. The van der Waals surface area contributed by atoms with Crippen molar-refractivity contribution in [3.8, 4) is 0 Å². The number of carbonyl (C=O) groups is 1. The second-order valence-corrected chi connectivity index (χ2v) is 5.23. The number of anilines is 1. The standard InChI is InChI=1S/C15H22N2O/c1-12(2)16-14-8-6-13(7-9-14)15(18)17-10-4-3-5-11-17/h6-9,12,16H,3-5,10-11H2,1-2H3. The summed E-state index contributed by atoms with van der Waals surface area (Å²) in [6.45, 7) is 6.02. The van der Waals surface area contributed by atoms with Crippen molar-refractivity contribution in [3.05, 3.63) is 29.8 Å². The number of nitrogens with zero attached hydrogens (tertiary/aromatic N) is 1. The van der Waals surface area contributed by atoms with Gasteiger partial charge in [-0.3, -0.25) is 4.79 Å². The number of likely N-dealkylation sites (tertiary alicyclic amines) is 1. The molecule has 1 fully saturated rings. The molecule has 1 saturated heterocycles. The number of hydrogen-bond acceptors (Lipinski definition) is 2. The van der Waals surface area contributed by atoms with E-state index in [0.29, 0.717) is 6.04 Å². The van der Waals surface area contributed by atoms with E-state index in [-0.39, 0.29) is 5.91 Å². The van der Waals surface area contributed by atoms with Gasteiger partial charge in [0.15, 0.2) is 0 Å². The van der Waals surface area contributed by atoms with E-state index >= 15 is 0 Å². The molecule has 98 valence electrons. The van der Waals surface area contributed by atoms with Crippen molar-refractivity contribution in [1.82, 2.24) is 4.90 Å². The Hall–Kier alpha value is -1.51. The van der Waals surface area contributed by atoms with Crippen LogP contribution in [-0.2, 0) is 0 Å². The van der Waals surface area contributed by atoms with E-state index in [9.17, 15) is 4.79 Å². The normalized spacial score (nSPS) is 15.8. The Bertz CT molecular complexity index is 391. The van der Waals surface area contributed by atoms with Crippen molar-refractivity contribution in [1.29, 1.82) is 0 Å². The molecule has 1 heterocycles. The van der Waals surface area contributed by atoms with Crippen LogP contribution in [-0.4, -0.2) is 29.9 Å². The summed E-state index contributed by atoms with van der Waals surface area (Å²) in [6, 6.07) is 8.21. The highest BCUT2D eigenvalue weighted by Gasteiger charge is 2.17. The van der Waals surface area contributed by atoms with Crippen LogP contribution in [0.2, 0.25) is 0 Å². The highest BCUT2D eigenvalue weighted by Crippen LogP contribution is 2.15. The molecule has 3 nitrogen and oxygen atoms in total. The molecule has 1 aromatic carbocycles. The van der Waals surface area contributed by atoms with Crippen molar-refractivity contribution < 1.29 is 4.79 Å². The predicted molar refractivity (Wildman–Crippen MR) is 75.0 cm³/mol. The van der Waals surface area contributed by atoms with Gasteiger partial charge in [0.2, 0.25) is 0 Å². The van der Waals surface area contributed by atoms with Gasteiger partial charge in [-0.1, -0.05) is 0 Å². The van der Waals surface area contributed by atoms with Gasteiger partial charge < -0.3 is 10.2 Å². The van der Waals surface area contributed by atoms with Crippen molar-refractivity contribution in [3.63, 3.8) is 0 Å². The predicted octanol–water partition coefficient (Wildman–Crippen LogP) is 3.13. The molecule has 0 radical (unpaired) electrons. The van der Waals surface area contributed by atoms with Gasteiger partial charge in [0, 0.05) is 30.4 Å². The third-order valence-corrected chi connectivity index (χ3v) is 3.23. The van der Waals surface area contributed by atoms with Crippen LogP contribution in [0.15, 0.2) is 24.3 Å². The van der Waals surface area contributed by atoms with E-state index in [1.807, 2.05) is 29.2 Å². The van der Waals surface area contributed by atoms with Crippen LogP contribution >= 0.6 is 0 Å². The highest BCUT2D eigenvalue weighted by molar-refractivity contribution is 5.94. The molecule has 0 unspecified atom stereocenters. The summed E-state index contributed by atoms with van der Waals surface area (Å²) in [7, 11) is 0.